The van der Waals surface area contributed by atoms with Gasteiger partial charge in [-0.25, -0.2) is 4.98 Å². The van der Waals surface area contributed by atoms with Crippen molar-refractivity contribution in [2.24, 2.45) is 5.92 Å². The number of nitriles is 1. The molecular formula is C23H28N6O. The van der Waals surface area contributed by atoms with Gasteiger partial charge in [0, 0.05) is 20.6 Å². The van der Waals surface area contributed by atoms with Crippen LogP contribution >= 0.6 is 0 Å². The number of aromatic nitrogens is 2. The summed E-state index contributed by atoms with van der Waals surface area (Å²) >= 11 is 0. The lowest BCUT2D eigenvalue weighted by atomic mass is 9.96. The highest BCUT2D eigenvalue weighted by Gasteiger charge is 2.23. The predicted molar refractivity (Wildman–Crippen MR) is 119 cm³/mol. The van der Waals surface area contributed by atoms with Crippen LogP contribution in [0.3, 0.4) is 0 Å². The molecular weight excluding hydrogens is 376 g/mol. The van der Waals surface area contributed by atoms with Gasteiger partial charge in [0.25, 0.3) is 0 Å². The SMILES string of the molecule is CNC(=O)CN1CCC(CN(C)c2cc(C)c(C#N)c3nc4ccccc4n23)CC1. The molecule has 156 valence electrons. The smallest absolute Gasteiger partial charge is 0.233 e. The fraction of sp³-hybridized carbons (Fsp3) is 0.435. The molecule has 0 radical (unpaired) electrons. The Kier molecular flexibility index (Phi) is 5.60. The number of hydrogen-bond acceptors (Lipinski definition) is 5. The van der Waals surface area contributed by atoms with E-state index in [0.29, 0.717) is 18.0 Å². The van der Waals surface area contributed by atoms with Crippen LogP contribution in [-0.2, 0) is 4.79 Å². The van der Waals surface area contributed by atoms with E-state index >= 15 is 0 Å². The second kappa shape index (κ2) is 8.33. The van der Waals surface area contributed by atoms with Crippen LogP contribution in [0.25, 0.3) is 16.7 Å². The number of fused-ring (bicyclic) bond motifs is 3. The van der Waals surface area contributed by atoms with Gasteiger partial charge in [0.2, 0.25) is 5.91 Å². The lowest BCUT2D eigenvalue weighted by Crippen LogP contribution is -2.42. The number of anilines is 1. The third-order valence-corrected chi connectivity index (χ3v) is 6.14. The standard InChI is InChI=1S/C23H28N6O/c1-16-12-22(27(3)14-17-8-10-28(11-9-17)15-21(30)25-2)29-20-7-5-4-6-19(20)26-23(29)18(16)13-24/h4-7,12,17H,8-11,14-15H2,1-3H3,(H,25,30). The van der Waals surface area contributed by atoms with Crippen molar-refractivity contribution in [1.82, 2.24) is 19.6 Å². The first-order chi connectivity index (χ1) is 14.5. The number of rotatable bonds is 5. The van der Waals surface area contributed by atoms with Crippen molar-refractivity contribution in [3.05, 3.63) is 41.5 Å². The normalized spacial score (nSPS) is 15.4. The number of pyridine rings is 1. The Balaban J connectivity index is 1.59. The summed E-state index contributed by atoms with van der Waals surface area (Å²) in [5.41, 5.74) is 4.22. The first-order valence-electron chi connectivity index (χ1n) is 10.5. The molecule has 0 unspecified atom stereocenters. The fourth-order valence-corrected chi connectivity index (χ4v) is 4.44. The summed E-state index contributed by atoms with van der Waals surface area (Å²) in [6.45, 7) is 5.28. The highest BCUT2D eigenvalue weighted by Crippen LogP contribution is 2.29. The van der Waals surface area contributed by atoms with Crippen molar-refractivity contribution in [2.45, 2.75) is 19.8 Å². The van der Waals surface area contributed by atoms with E-state index < -0.39 is 0 Å². The number of hydrogen-bond donors (Lipinski definition) is 1. The number of imidazole rings is 1. The van der Waals surface area contributed by atoms with Gasteiger partial charge >= 0.3 is 0 Å². The minimum absolute atomic E-state index is 0.0769. The van der Waals surface area contributed by atoms with Gasteiger partial charge in [0.05, 0.1) is 23.1 Å². The number of amides is 1. The summed E-state index contributed by atoms with van der Waals surface area (Å²) in [4.78, 5) is 20.9. The quantitative estimate of drug-likeness (QED) is 0.707. The zero-order valence-corrected chi connectivity index (χ0v) is 17.9. The second-order valence-electron chi connectivity index (χ2n) is 8.21. The first kappa shape index (κ1) is 20.2. The van der Waals surface area contributed by atoms with Crippen LogP contribution in [0, 0.1) is 24.2 Å². The number of carbonyl (C=O) groups is 1. The number of nitrogens with zero attached hydrogens (tertiary/aromatic N) is 5. The molecule has 4 rings (SSSR count). The topological polar surface area (TPSA) is 76.7 Å². The Morgan fingerprint density at radius 1 is 1.33 bits per heavy atom. The zero-order chi connectivity index (χ0) is 21.3. The average molecular weight is 405 g/mol. The van der Waals surface area contributed by atoms with Crippen LogP contribution in [0.2, 0.25) is 0 Å². The molecule has 1 amide bonds. The minimum Gasteiger partial charge on any atom is -0.360 e. The van der Waals surface area contributed by atoms with Crippen molar-refractivity contribution < 1.29 is 4.79 Å². The molecule has 1 aliphatic rings. The Labute approximate surface area is 176 Å². The fourth-order valence-electron chi connectivity index (χ4n) is 4.44. The van der Waals surface area contributed by atoms with E-state index in [-0.39, 0.29) is 5.91 Å². The van der Waals surface area contributed by atoms with Gasteiger partial charge in [-0.15, -0.1) is 0 Å². The van der Waals surface area contributed by atoms with Crippen LogP contribution < -0.4 is 10.2 Å². The maximum Gasteiger partial charge on any atom is 0.233 e. The van der Waals surface area contributed by atoms with Gasteiger partial charge in [-0.1, -0.05) is 12.1 Å². The molecule has 30 heavy (non-hydrogen) atoms. The molecule has 0 atom stereocenters. The van der Waals surface area contributed by atoms with Gasteiger partial charge in [-0.2, -0.15) is 5.26 Å². The Morgan fingerprint density at radius 3 is 2.77 bits per heavy atom. The van der Waals surface area contributed by atoms with Crippen LogP contribution in [0.5, 0.6) is 0 Å². The largest absolute Gasteiger partial charge is 0.360 e. The molecule has 0 aliphatic carbocycles. The molecule has 7 nitrogen and oxygen atoms in total. The molecule has 0 bridgehead atoms. The van der Waals surface area contributed by atoms with Crippen molar-refractivity contribution in [1.29, 1.82) is 5.26 Å². The number of aryl methyl sites for hydroxylation is 1. The van der Waals surface area contributed by atoms with Crippen molar-refractivity contribution in [2.75, 3.05) is 45.2 Å². The number of para-hydroxylation sites is 2. The summed E-state index contributed by atoms with van der Waals surface area (Å²) in [5.74, 6) is 1.70. The number of carbonyl (C=O) groups excluding carboxylic acids is 1. The molecule has 0 saturated carbocycles. The number of likely N-dealkylation sites (N-methyl/N-ethyl adjacent to an activating group) is 1. The summed E-state index contributed by atoms with van der Waals surface area (Å²) in [5, 5.41) is 12.4. The van der Waals surface area contributed by atoms with Gasteiger partial charge in [-0.3, -0.25) is 14.1 Å². The zero-order valence-electron chi connectivity index (χ0n) is 17.9. The molecule has 3 aromatic rings. The maximum absolute atomic E-state index is 11.6. The number of benzene rings is 1. The van der Waals surface area contributed by atoms with Crippen LogP contribution in [0.15, 0.2) is 30.3 Å². The third-order valence-electron chi connectivity index (χ3n) is 6.14. The van der Waals surface area contributed by atoms with Gasteiger partial charge in [0.15, 0.2) is 5.65 Å². The molecule has 0 spiro atoms. The molecule has 2 aromatic heterocycles. The molecule has 1 aromatic carbocycles. The monoisotopic (exact) mass is 404 g/mol. The van der Waals surface area contributed by atoms with E-state index in [1.807, 2.05) is 25.1 Å². The van der Waals surface area contributed by atoms with Crippen LogP contribution in [-0.4, -0.2) is 60.5 Å². The van der Waals surface area contributed by atoms with Gasteiger partial charge in [0.1, 0.15) is 11.9 Å². The summed E-state index contributed by atoms with van der Waals surface area (Å²) in [6, 6.07) is 12.5. The minimum atomic E-state index is 0.0769. The summed E-state index contributed by atoms with van der Waals surface area (Å²) in [7, 11) is 3.80. The Hall–Kier alpha value is -3.11. The highest BCUT2D eigenvalue weighted by atomic mass is 16.1. The van der Waals surface area contributed by atoms with Crippen LogP contribution in [0.1, 0.15) is 24.0 Å². The highest BCUT2D eigenvalue weighted by molar-refractivity contribution is 5.85. The molecule has 3 heterocycles. The van der Waals surface area contributed by atoms with E-state index in [9.17, 15) is 10.1 Å². The number of piperidine rings is 1. The van der Waals surface area contributed by atoms with E-state index in [1.54, 1.807) is 7.05 Å². The van der Waals surface area contributed by atoms with Crippen molar-refractivity contribution >= 4 is 28.4 Å². The van der Waals surface area contributed by atoms with Crippen LogP contribution in [0.4, 0.5) is 5.82 Å². The molecule has 1 fully saturated rings. The van der Waals surface area contributed by atoms with Gasteiger partial charge in [-0.05, 0) is 62.5 Å². The van der Waals surface area contributed by atoms with E-state index in [0.717, 1.165) is 60.5 Å². The summed E-state index contributed by atoms with van der Waals surface area (Å²) < 4.78 is 2.11. The molecule has 1 aliphatic heterocycles. The van der Waals surface area contributed by atoms with Crippen molar-refractivity contribution in [3.8, 4) is 6.07 Å². The lowest BCUT2D eigenvalue weighted by molar-refractivity contribution is -0.122. The Morgan fingerprint density at radius 2 is 2.07 bits per heavy atom. The van der Waals surface area contributed by atoms with Crippen molar-refractivity contribution in [3.63, 3.8) is 0 Å². The summed E-state index contributed by atoms with van der Waals surface area (Å²) in [6.07, 6.45) is 2.15. The Bertz CT molecular complexity index is 1120. The molecule has 1 saturated heterocycles. The number of likely N-dealkylation sites (tertiary alicyclic amines) is 1. The molecule has 7 heteroatoms. The first-order valence-corrected chi connectivity index (χ1v) is 10.5. The van der Waals surface area contributed by atoms with E-state index in [2.05, 4.69) is 44.8 Å². The maximum atomic E-state index is 11.6. The lowest BCUT2D eigenvalue weighted by Gasteiger charge is -2.34. The predicted octanol–water partition coefficient (Wildman–Crippen LogP) is 2.56. The molecule has 1 N–H and O–H groups in total. The average Bonchev–Trinajstić information content (AvgIpc) is 3.13. The second-order valence-corrected chi connectivity index (χ2v) is 8.21. The van der Waals surface area contributed by atoms with E-state index in [1.165, 1.54) is 0 Å². The third kappa shape index (κ3) is 3.71. The van der Waals surface area contributed by atoms with E-state index in [4.69, 9.17) is 4.98 Å². The van der Waals surface area contributed by atoms with Gasteiger partial charge < -0.3 is 10.2 Å². The number of nitrogens with one attached hydrogen (secondary N) is 1.